The van der Waals surface area contributed by atoms with E-state index < -0.39 is 17.4 Å². The van der Waals surface area contributed by atoms with Crippen LogP contribution in [0.1, 0.15) is 23.0 Å². The first-order valence-electron chi connectivity index (χ1n) is 9.12. The van der Waals surface area contributed by atoms with Crippen LogP contribution in [0.15, 0.2) is 41.0 Å². The van der Waals surface area contributed by atoms with Crippen molar-refractivity contribution in [3.8, 4) is 5.75 Å². The zero-order chi connectivity index (χ0) is 19.9. The molecule has 2 aliphatic heterocycles. The highest BCUT2D eigenvalue weighted by molar-refractivity contribution is 6.15. The van der Waals surface area contributed by atoms with Crippen LogP contribution >= 0.6 is 0 Å². The van der Waals surface area contributed by atoms with E-state index in [0.717, 1.165) is 5.56 Å². The molecule has 8 nitrogen and oxygen atoms in total. The molecule has 1 unspecified atom stereocenters. The van der Waals surface area contributed by atoms with Gasteiger partial charge in [0.05, 0.1) is 12.0 Å². The number of nitrogens with one attached hydrogen (secondary N) is 1. The lowest BCUT2D eigenvalue weighted by Gasteiger charge is -2.40. The van der Waals surface area contributed by atoms with E-state index in [1.54, 1.807) is 34.1 Å². The van der Waals surface area contributed by atoms with Gasteiger partial charge in [0.1, 0.15) is 5.75 Å². The Morgan fingerprint density at radius 1 is 1.11 bits per heavy atom. The Kier molecular flexibility index (Phi) is 4.33. The third kappa shape index (κ3) is 3.00. The summed E-state index contributed by atoms with van der Waals surface area (Å²) in [6.45, 7) is 4.75. The van der Waals surface area contributed by atoms with Gasteiger partial charge in [-0.2, -0.15) is 0 Å². The average Bonchev–Trinajstić information content (AvgIpc) is 3.23. The molecule has 0 spiro atoms. The monoisotopic (exact) mass is 383 g/mol. The van der Waals surface area contributed by atoms with Gasteiger partial charge in [0, 0.05) is 26.2 Å². The van der Waals surface area contributed by atoms with E-state index in [0.29, 0.717) is 37.6 Å². The minimum absolute atomic E-state index is 0.209. The minimum Gasteiger partial charge on any atom is -0.466 e. The summed E-state index contributed by atoms with van der Waals surface area (Å²) in [4.78, 5) is 41.3. The van der Waals surface area contributed by atoms with Crippen molar-refractivity contribution in [2.75, 3.05) is 31.5 Å². The Bertz CT molecular complexity index is 931. The van der Waals surface area contributed by atoms with Crippen molar-refractivity contribution >= 4 is 23.4 Å². The molecule has 1 aromatic heterocycles. The Balaban J connectivity index is 1.45. The molecule has 1 saturated heterocycles. The largest absolute Gasteiger partial charge is 0.466 e. The summed E-state index contributed by atoms with van der Waals surface area (Å²) >= 11 is 0. The third-order valence-corrected chi connectivity index (χ3v) is 5.12. The van der Waals surface area contributed by atoms with Gasteiger partial charge in [-0.15, -0.1) is 0 Å². The molecule has 146 valence electrons. The second-order valence-electron chi connectivity index (χ2n) is 7.15. The maximum absolute atomic E-state index is 13.1. The lowest BCUT2D eigenvalue weighted by molar-refractivity contribution is -0.155. The number of carbonyl (C=O) groups excluding carboxylic acids is 3. The fraction of sp³-hybridized carbons (Fsp3) is 0.350. The van der Waals surface area contributed by atoms with Crippen LogP contribution in [0.2, 0.25) is 0 Å². The van der Waals surface area contributed by atoms with Crippen LogP contribution in [0.5, 0.6) is 5.75 Å². The summed E-state index contributed by atoms with van der Waals surface area (Å²) in [5.41, 5.74) is -0.103. The summed E-state index contributed by atoms with van der Waals surface area (Å²) in [5.74, 6) is -0.383. The molecule has 0 aliphatic carbocycles. The molecule has 1 aromatic carbocycles. The van der Waals surface area contributed by atoms with Crippen LogP contribution in [-0.4, -0.2) is 59.3 Å². The van der Waals surface area contributed by atoms with Crippen molar-refractivity contribution in [3.63, 3.8) is 0 Å². The Morgan fingerprint density at radius 2 is 1.82 bits per heavy atom. The molecular weight excluding hydrogens is 362 g/mol. The van der Waals surface area contributed by atoms with Crippen molar-refractivity contribution in [1.29, 1.82) is 0 Å². The highest BCUT2D eigenvalue weighted by atomic mass is 16.5. The van der Waals surface area contributed by atoms with Crippen molar-refractivity contribution in [1.82, 2.24) is 9.80 Å². The Labute approximate surface area is 162 Å². The third-order valence-electron chi connectivity index (χ3n) is 5.12. The van der Waals surface area contributed by atoms with Crippen LogP contribution in [0.4, 0.5) is 5.69 Å². The molecule has 0 bridgehead atoms. The number of benzene rings is 1. The number of furan rings is 1. The molecule has 3 amide bonds. The van der Waals surface area contributed by atoms with E-state index >= 15 is 0 Å². The lowest BCUT2D eigenvalue weighted by atomic mass is 10.00. The van der Waals surface area contributed by atoms with Gasteiger partial charge >= 0.3 is 0 Å². The van der Waals surface area contributed by atoms with Crippen molar-refractivity contribution in [2.24, 2.45) is 0 Å². The average molecular weight is 383 g/mol. The van der Waals surface area contributed by atoms with Gasteiger partial charge in [0.25, 0.3) is 23.3 Å². The second-order valence-corrected chi connectivity index (χ2v) is 7.15. The number of anilines is 1. The molecular formula is C20H21N3O5. The van der Waals surface area contributed by atoms with Crippen LogP contribution in [0, 0.1) is 6.92 Å². The van der Waals surface area contributed by atoms with E-state index in [2.05, 4.69) is 5.32 Å². The van der Waals surface area contributed by atoms with Gasteiger partial charge in [-0.25, -0.2) is 0 Å². The van der Waals surface area contributed by atoms with Gasteiger partial charge in [0.15, 0.2) is 5.76 Å². The van der Waals surface area contributed by atoms with Crippen LogP contribution < -0.4 is 10.1 Å². The molecule has 1 atom stereocenters. The van der Waals surface area contributed by atoms with E-state index in [9.17, 15) is 14.4 Å². The number of carbonyl (C=O) groups is 3. The molecule has 8 heteroatoms. The first-order valence-corrected chi connectivity index (χ1v) is 9.12. The molecule has 2 aromatic rings. The number of fused-ring (bicyclic) bond motifs is 1. The quantitative estimate of drug-likeness (QED) is 0.797. The van der Waals surface area contributed by atoms with E-state index in [1.807, 2.05) is 13.0 Å². The summed E-state index contributed by atoms with van der Waals surface area (Å²) in [6.07, 6.45) is 1.45. The Morgan fingerprint density at radius 3 is 2.50 bits per heavy atom. The van der Waals surface area contributed by atoms with E-state index in [1.165, 1.54) is 13.2 Å². The molecule has 2 aliphatic rings. The number of rotatable bonds is 2. The first-order chi connectivity index (χ1) is 13.4. The lowest BCUT2D eigenvalue weighted by Crippen LogP contribution is -2.62. The number of ether oxygens (including phenoxy) is 1. The summed E-state index contributed by atoms with van der Waals surface area (Å²) in [7, 11) is 0. The Hall–Kier alpha value is -3.29. The molecule has 28 heavy (non-hydrogen) atoms. The topological polar surface area (TPSA) is 92.1 Å². The molecule has 4 rings (SSSR count). The fourth-order valence-corrected chi connectivity index (χ4v) is 3.45. The number of hydrogen-bond acceptors (Lipinski definition) is 5. The van der Waals surface area contributed by atoms with Gasteiger partial charge < -0.3 is 24.3 Å². The second kappa shape index (κ2) is 6.70. The standard InChI is InChI=1S/C20H21N3O5/c1-13-5-6-15-14(12-13)21-18(25)20(2,28-15)19(26)23-9-7-22(8-10-23)17(24)16-4-3-11-27-16/h3-6,11-12H,7-10H2,1-2H3,(H,21,25). The normalized spacial score (nSPS) is 21.6. The summed E-state index contributed by atoms with van der Waals surface area (Å²) in [6, 6.07) is 8.68. The molecule has 3 heterocycles. The van der Waals surface area contributed by atoms with Crippen molar-refractivity contribution in [3.05, 3.63) is 47.9 Å². The number of nitrogens with zero attached hydrogens (tertiary/aromatic N) is 2. The fourth-order valence-electron chi connectivity index (χ4n) is 3.45. The maximum atomic E-state index is 13.1. The van der Waals surface area contributed by atoms with Crippen LogP contribution in [0.25, 0.3) is 0 Å². The van der Waals surface area contributed by atoms with Gasteiger partial charge in [-0.05, 0) is 43.7 Å². The zero-order valence-electron chi connectivity index (χ0n) is 15.7. The van der Waals surface area contributed by atoms with E-state index in [-0.39, 0.29) is 11.7 Å². The molecule has 1 N–H and O–H groups in total. The first kappa shape index (κ1) is 18.1. The maximum Gasteiger partial charge on any atom is 0.289 e. The summed E-state index contributed by atoms with van der Waals surface area (Å²) < 4.78 is 11.0. The van der Waals surface area contributed by atoms with Crippen LogP contribution in [0.3, 0.4) is 0 Å². The minimum atomic E-state index is -1.64. The van der Waals surface area contributed by atoms with Gasteiger partial charge in [-0.3, -0.25) is 14.4 Å². The number of aryl methyl sites for hydroxylation is 1. The smallest absolute Gasteiger partial charge is 0.289 e. The zero-order valence-corrected chi connectivity index (χ0v) is 15.7. The summed E-state index contributed by atoms with van der Waals surface area (Å²) in [5, 5.41) is 2.77. The van der Waals surface area contributed by atoms with Gasteiger partial charge in [-0.1, -0.05) is 6.07 Å². The SMILES string of the molecule is Cc1ccc2c(c1)NC(=O)C(C)(C(=O)N1CCN(C(=O)c3ccco3)CC1)O2. The number of piperazine rings is 1. The van der Waals surface area contributed by atoms with E-state index in [4.69, 9.17) is 9.15 Å². The number of amides is 3. The van der Waals surface area contributed by atoms with Crippen molar-refractivity contribution in [2.45, 2.75) is 19.4 Å². The molecule has 0 saturated carbocycles. The molecule has 1 fully saturated rings. The molecule has 0 radical (unpaired) electrons. The number of hydrogen-bond donors (Lipinski definition) is 1. The highest BCUT2D eigenvalue weighted by Gasteiger charge is 2.49. The highest BCUT2D eigenvalue weighted by Crippen LogP contribution is 2.35. The predicted octanol–water partition coefficient (Wildman–Crippen LogP) is 1.66. The predicted molar refractivity (Wildman–Crippen MR) is 100 cm³/mol. The van der Waals surface area contributed by atoms with Crippen LogP contribution in [-0.2, 0) is 9.59 Å². The van der Waals surface area contributed by atoms with Gasteiger partial charge in [0.2, 0.25) is 0 Å². The van der Waals surface area contributed by atoms with Crippen molar-refractivity contribution < 1.29 is 23.5 Å².